The molecule has 0 saturated carbocycles. The zero-order chi connectivity index (χ0) is 11.9. The van der Waals surface area contributed by atoms with Crippen molar-refractivity contribution >= 4 is 0 Å². The summed E-state index contributed by atoms with van der Waals surface area (Å²) in [6.45, 7) is 4.12. The van der Waals surface area contributed by atoms with Crippen LogP contribution in [0.1, 0.15) is 5.56 Å². The monoisotopic (exact) mass is 235 g/mol. The van der Waals surface area contributed by atoms with E-state index in [9.17, 15) is 0 Å². The summed E-state index contributed by atoms with van der Waals surface area (Å²) in [5.41, 5.74) is 10.6. The number of ether oxygens (including phenoxy) is 1. The summed E-state index contributed by atoms with van der Waals surface area (Å²) in [5, 5.41) is 2.21. The maximum absolute atomic E-state index is 5.82. The van der Waals surface area contributed by atoms with Crippen LogP contribution in [0.4, 0.5) is 0 Å². The molecule has 3 N–H and O–H groups in total. The van der Waals surface area contributed by atoms with Gasteiger partial charge in [-0.2, -0.15) is 0 Å². The quantitative estimate of drug-likeness (QED) is 0.775. The predicted octanol–water partition coefficient (Wildman–Crippen LogP) is 0.393. The lowest BCUT2D eigenvalue weighted by Gasteiger charge is -2.31. The summed E-state index contributed by atoms with van der Waals surface area (Å²) < 4.78 is 5.32. The van der Waals surface area contributed by atoms with Gasteiger partial charge in [0.2, 0.25) is 0 Å². The molecule has 0 amide bonds. The van der Waals surface area contributed by atoms with E-state index in [1.165, 1.54) is 5.56 Å². The van der Waals surface area contributed by atoms with E-state index in [0.29, 0.717) is 12.6 Å². The number of hydrogen-bond donors (Lipinski definition) is 2. The van der Waals surface area contributed by atoms with E-state index >= 15 is 0 Å². The van der Waals surface area contributed by atoms with Gasteiger partial charge in [-0.3, -0.25) is 5.43 Å². The first-order valence-corrected chi connectivity index (χ1v) is 6.21. The first kappa shape index (κ1) is 12.5. The van der Waals surface area contributed by atoms with Gasteiger partial charge in [0.05, 0.1) is 13.2 Å². The van der Waals surface area contributed by atoms with Crippen molar-refractivity contribution in [2.45, 2.75) is 12.5 Å². The summed E-state index contributed by atoms with van der Waals surface area (Å²) in [4.78, 5) is 0. The summed E-state index contributed by atoms with van der Waals surface area (Å²) >= 11 is 0. The Bertz CT molecular complexity index is 312. The Kier molecular flexibility index (Phi) is 4.94. The summed E-state index contributed by atoms with van der Waals surface area (Å²) in [6, 6.07) is 10.8. The zero-order valence-electron chi connectivity index (χ0n) is 10.1. The van der Waals surface area contributed by atoms with Crippen LogP contribution in [-0.4, -0.2) is 43.9 Å². The first-order valence-electron chi connectivity index (χ1n) is 6.21. The van der Waals surface area contributed by atoms with Crippen molar-refractivity contribution in [1.82, 2.24) is 10.4 Å². The fourth-order valence-corrected chi connectivity index (χ4v) is 2.03. The third-order valence-electron chi connectivity index (χ3n) is 2.99. The molecule has 1 aromatic rings. The van der Waals surface area contributed by atoms with E-state index < -0.39 is 0 Å². The third kappa shape index (κ3) is 4.09. The molecule has 4 nitrogen and oxygen atoms in total. The Balaban J connectivity index is 1.83. The highest BCUT2D eigenvalue weighted by Gasteiger charge is 2.14. The predicted molar refractivity (Wildman–Crippen MR) is 68.5 cm³/mol. The van der Waals surface area contributed by atoms with Crippen molar-refractivity contribution in [2.75, 3.05) is 32.8 Å². The highest BCUT2D eigenvalue weighted by atomic mass is 16.5. The van der Waals surface area contributed by atoms with E-state index in [1.807, 2.05) is 6.07 Å². The molecule has 0 aliphatic carbocycles. The molecule has 1 unspecified atom stereocenters. The van der Waals surface area contributed by atoms with Crippen molar-refractivity contribution in [2.24, 2.45) is 5.73 Å². The van der Waals surface area contributed by atoms with Crippen LogP contribution in [0.2, 0.25) is 0 Å². The molecule has 1 heterocycles. The number of morpholine rings is 1. The summed E-state index contributed by atoms with van der Waals surface area (Å²) in [6.07, 6.45) is 0.967. The SMILES string of the molecule is NCC(Cc1ccccc1)NN1CCOCC1. The molecule has 0 radical (unpaired) electrons. The number of nitrogens with one attached hydrogen (secondary N) is 1. The lowest BCUT2D eigenvalue weighted by atomic mass is 10.1. The van der Waals surface area contributed by atoms with E-state index in [-0.39, 0.29) is 0 Å². The molecule has 94 valence electrons. The van der Waals surface area contributed by atoms with Crippen molar-refractivity contribution in [3.8, 4) is 0 Å². The van der Waals surface area contributed by atoms with Crippen molar-refractivity contribution < 1.29 is 4.74 Å². The van der Waals surface area contributed by atoms with Gasteiger partial charge in [0.1, 0.15) is 0 Å². The Labute approximate surface area is 103 Å². The molecule has 4 heteroatoms. The maximum atomic E-state index is 5.82. The molecule has 2 rings (SSSR count). The molecular formula is C13H21N3O. The lowest BCUT2D eigenvalue weighted by molar-refractivity contribution is 0.00432. The van der Waals surface area contributed by atoms with Gasteiger partial charge in [0.15, 0.2) is 0 Å². The number of hydrogen-bond acceptors (Lipinski definition) is 4. The molecular weight excluding hydrogens is 214 g/mol. The van der Waals surface area contributed by atoms with Gasteiger partial charge in [-0.15, -0.1) is 0 Å². The molecule has 0 bridgehead atoms. The fraction of sp³-hybridized carbons (Fsp3) is 0.538. The van der Waals surface area contributed by atoms with Crippen LogP contribution in [0.25, 0.3) is 0 Å². The zero-order valence-corrected chi connectivity index (χ0v) is 10.1. The van der Waals surface area contributed by atoms with Crippen LogP contribution in [0.5, 0.6) is 0 Å². The van der Waals surface area contributed by atoms with Gasteiger partial charge in [-0.05, 0) is 12.0 Å². The topological polar surface area (TPSA) is 50.5 Å². The van der Waals surface area contributed by atoms with Crippen molar-refractivity contribution in [3.63, 3.8) is 0 Å². The Hall–Kier alpha value is -0.940. The lowest BCUT2D eigenvalue weighted by Crippen LogP contribution is -2.53. The average Bonchev–Trinajstić information content (AvgIpc) is 2.40. The minimum atomic E-state index is 0.301. The second-order valence-corrected chi connectivity index (χ2v) is 4.35. The molecule has 0 aromatic heterocycles. The summed E-state index contributed by atoms with van der Waals surface area (Å²) in [5.74, 6) is 0. The standard InChI is InChI=1S/C13H21N3O/c14-11-13(10-12-4-2-1-3-5-12)15-16-6-8-17-9-7-16/h1-5,13,15H,6-11,14H2. The van der Waals surface area contributed by atoms with E-state index in [2.05, 4.69) is 34.7 Å². The second-order valence-electron chi connectivity index (χ2n) is 4.35. The van der Waals surface area contributed by atoms with Crippen LogP contribution in [0.3, 0.4) is 0 Å². The van der Waals surface area contributed by atoms with E-state index in [4.69, 9.17) is 10.5 Å². The smallest absolute Gasteiger partial charge is 0.0608 e. The van der Waals surface area contributed by atoms with Gasteiger partial charge < -0.3 is 10.5 Å². The van der Waals surface area contributed by atoms with Gasteiger partial charge in [-0.25, -0.2) is 5.01 Å². The molecule has 1 aliphatic heterocycles. The van der Waals surface area contributed by atoms with Crippen LogP contribution in [0.15, 0.2) is 30.3 Å². The van der Waals surface area contributed by atoms with Crippen LogP contribution in [-0.2, 0) is 11.2 Å². The Morgan fingerprint density at radius 1 is 1.24 bits per heavy atom. The minimum absolute atomic E-state index is 0.301. The Morgan fingerprint density at radius 3 is 2.59 bits per heavy atom. The largest absolute Gasteiger partial charge is 0.379 e. The average molecular weight is 235 g/mol. The fourth-order valence-electron chi connectivity index (χ4n) is 2.03. The molecule has 17 heavy (non-hydrogen) atoms. The second kappa shape index (κ2) is 6.71. The Morgan fingerprint density at radius 2 is 1.94 bits per heavy atom. The van der Waals surface area contributed by atoms with Crippen molar-refractivity contribution in [1.29, 1.82) is 0 Å². The molecule has 1 saturated heterocycles. The molecule has 0 spiro atoms. The van der Waals surface area contributed by atoms with Gasteiger partial charge >= 0.3 is 0 Å². The third-order valence-corrected chi connectivity index (χ3v) is 2.99. The number of benzene rings is 1. The minimum Gasteiger partial charge on any atom is -0.379 e. The van der Waals surface area contributed by atoms with Gasteiger partial charge in [0, 0.05) is 25.7 Å². The highest BCUT2D eigenvalue weighted by molar-refractivity contribution is 5.15. The van der Waals surface area contributed by atoms with E-state index in [1.54, 1.807) is 0 Å². The number of hydrazine groups is 1. The van der Waals surface area contributed by atoms with E-state index in [0.717, 1.165) is 32.7 Å². The highest BCUT2D eigenvalue weighted by Crippen LogP contribution is 2.03. The molecule has 1 aliphatic rings. The normalized spacial score (nSPS) is 19.1. The van der Waals surface area contributed by atoms with Crippen LogP contribution in [0, 0.1) is 0 Å². The first-order chi connectivity index (χ1) is 8.38. The number of nitrogens with zero attached hydrogens (tertiary/aromatic N) is 1. The van der Waals surface area contributed by atoms with Crippen LogP contribution >= 0.6 is 0 Å². The molecule has 1 aromatic carbocycles. The van der Waals surface area contributed by atoms with Crippen LogP contribution < -0.4 is 11.2 Å². The molecule has 1 atom stereocenters. The van der Waals surface area contributed by atoms with Gasteiger partial charge in [-0.1, -0.05) is 30.3 Å². The number of rotatable bonds is 5. The molecule has 1 fully saturated rings. The number of nitrogens with two attached hydrogens (primary N) is 1. The maximum Gasteiger partial charge on any atom is 0.0608 e. The van der Waals surface area contributed by atoms with Gasteiger partial charge in [0.25, 0.3) is 0 Å². The van der Waals surface area contributed by atoms with Crippen molar-refractivity contribution in [3.05, 3.63) is 35.9 Å². The summed E-state index contributed by atoms with van der Waals surface area (Å²) in [7, 11) is 0.